The molecule has 3 N–H and O–H groups in total. The van der Waals surface area contributed by atoms with Gasteiger partial charge < -0.3 is 10.4 Å². The van der Waals surface area contributed by atoms with Gasteiger partial charge in [0.1, 0.15) is 5.69 Å². The van der Waals surface area contributed by atoms with Crippen molar-refractivity contribution in [3.8, 4) is 0 Å². The zero-order chi connectivity index (χ0) is 13.7. The van der Waals surface area contributed by atoms with Crippen molar-refractivity contribution >= 4 is 5.91 Å². The van der Waals surface area contributed by atoms with Crippen LogP contribution in [-0.2, 0) is 0 Å². The average Bonchev–Trinajstić information content (AvgIpc) is 2.86. The van der Waals surface area contributed by atoms with Crippen LogP contribution >= 0.6 is 0 Å². The molecule has 1 aromatic carbocycles. The predicted molar refractivity (Wildman–Crippen MR) is 71.7 cm³/mol. The SMILES string of the molecule is Cc1cc(C(=O)NC(CCO)c2ccccc2)n[nH]1. The van der Waals surface area contributed by atoms with Gasteiger partial charge in [-0.2, -0.15) is 5.10 Å². The maximum absolute atomic E-state index is 12.0. The molecule has 2 rings (SSSR count). The third-order valence-corrected chi connectivity index (χ3v) is 2.86. The molecule has 1 amide bonds. The Hall–Kier alpha value is -2.14. The molecular formula is C14H17N3O2. The molecule has 100 valence electrons. The number of carbonyl (C=O) groups is 1. The maximum Gasteiger partial charge on any atom is 0.272 e. The first-order valence-corrected chi connectivity index (χ1v) is 6.19. The Kier molecular flexibility index (Phi) is 4.30. The summed E-state index contributed by atoms with van der Waals surface area (Å²) in [7, 11) is 0. The van der Waals surface area contributed by atoms with Crippen LogP contribution in [0.25, 0.3) is 0 Å². The monoisotopic (exact) mass is 259 g/mol. The van der Waals surface area contributed by atoms with Crippen LogP contribution in [0.3, 0.4) is 0 Å². The topological polar surface area (TPSA) is 78.0 Å². The number of nitrogens with zero attached hydrogens (tertiary/aromatic N) is 1. The van der Waals surface area contributed by atoms with Gasteiger partial charge in [-0.3, -0.25) is 9.89 Å². The van der Waals surface area contributed by atoms with Crippen LogP contribution in [0.1, 0.15) is 34.2 Å². The fraction of sp³-hybridized carbons (Fsp3) is 0.286. The van der Waals surface area contributed by atoms with Gasteiger partial charge in [0.2, 0.25) is 0 Å². The summed E-state index contributed by atoms with van der Waals surface area (Å²) in [6.45, 7) is 1.85. The maximum atomic E-state index is 12.0. The Morgan fingerprint density at radius 3 is 2.74 bits per heavy atom. The summed E-state index contributed by atoms with van der Waals surface area (Å²) in [5.41, 5.74) is 2.16. The van der Waals surface area contributed by atoms with Crippen LogP contribution in [-0.4, -0.2) is 27.8 Å². The van der Waals surface area contributed by atoms with Gasteiger partial charge in [0, 0.05) is 12.3 Å². The van der Waals surface area contributed by atoms with Crippen molar-refractivity contribution < 1.29 is 9.90 Å². The molecule has 0 aliphatic heterocycles. The third kappa shape index (κ3) is 3.42. The lowest BCUT2D eigenvalue weighted by Gasteiger charge is -2.17. The molecule has 0 bridgehead atoms. The molecule has 1 atom stereocenters. The number of benzene rings is 1. The minimum Gasteiger partial charge on any atom is -0.396 e. The Morgan fingerprint density at radius 2 is 2.16 bits per heavy atom. The standard InChI is InChI=1S/C14H17N3O2/c1-10-9-13(17-16-10)14(19)15-12(7-8-18)11-5-3-2-4-6-11/h2-6,9,12,18H,7-8H2,1H3,(H,15,19)(H,16,17). The molecule has 2 aromatic rings. The van der Waals surface area contributed by atoms with E-state index in [1.54, 1.807) is 6.07 Å². The molecule has 5 nitrogen and oxygen atoms in total. The van der Waals surface area contributed by atoms with E-state index in [1.165, 1.54) is 0 Å². The molecule has 0 saturated carbocycles. The fourth-order valence-corrected chi connectivity index (χ4v) is 1.90. The van der Waals surface area contributed by atoms with Gasteiger partial charge in [0.25, 0.3) is 5.91 Å². The molecule has 0 radical (unpaired) electrons. The van der Waals surface area contributed by atoms with Crippen LogP contribution in [0, 0.1) is 6.92 Å². The van der Waals surface area contributed by atoms with Gasteiger partial charge >= 0.3 is 0 Å². The number of nitrogens with one attached hydrogen (secondary N) is 2. The number of carbonyl (C=O) groups excluding carboxylic acids is 1. The number of rotatable bonds is 5. The summed E-state index contributed by atoms with van der Waals surface area (Å²) in [5, 5.41) is 18.7. The summed E-state index contributed by atoms with van der Waals surface area (Å²) in [6.07, 6.45) is 0.471. The number of amides is 1. The molecule has 1 unspecified atom stereocenters. The second-order valence-electron chi connectivity index (χ2n) is 4.39. The highest BCUT2D eigenvalue weighted by Gasteiger charge is 2.16. The van der Waals surface area contributed by atoms with Crippen LogP contribution in [0.5, 0.6) is 0 Å². The number of aliphatic hydroxyl groups is 1. The van der Waals surface area contributed by atoms with Crippen molar-refractivity contribution in [3.05, 3.63) is 53.3 Å². The zero-order valence-corrected chi connectivity index (χ0v) is 10.8. The molecular weight excluding hydrogens is 242 g/mol. The first kappa shape index (κ1) is 13.3. The molecule has 0 aliphatic carbocycles. The van der Waals surface area contributed by atoms with Crippen molar-refractivity contribution in [2.75, 3.05) is 6.61 Å². The third-order valence-electron chi connectivity index (χ3n) is 2.86. The second kappa shape index (κ2) is 6.15. The van der Waals surface area contributed by atoms with Gasteiger partial charge in [0.15, 0.2) is 0 Å². The van der Waals surface area contributed by atoms with Crippen molar-refractivity contribution in [1.29, 1.82) is 0 Å². The van der Waals surface area contributed by atoms with Gasteiger partial charge in [0.05, 0.1) is 6.04 Å². The number of aromatic nitrogens is 2. The smallest absolute Gasteiger partial charge is 0.272 e. The first-order chi connectivity index (χ1) is 9.20. The van der Waals surface area contributed by atoms with Crippen LogP contribution in [0.4, 0.5) is 0 Å². The number of H-pyrrole nitrogens is 1. The van der Waals surface area contributed by atoms with E-state index >= 15 is 0 Å². The average molecular weight is 259 g/mol. The van der Waals surface area contributed by atoms with E-state index in [9.17, 15) is 4.79 Å². The Bertz CT molecular complexity index is 537. The van der Waals surface area contributed by atoms with Crippen molar-refractivity contribution in [2.24, 2.45) is 0 Å². The summed E-state index contributed by atoms with van der Waals surface area (Å²) >= 11 is 0. The van der Waals surface area contributed by atoms with Gasteiger partial charge in [-0.1, -0.05) is 30.3 Å². The normalized spacial score (nSPS) is 12.1. The molecule has 0 fully saturated rings. The fourth-order valence-electron chi connectivity index (χ4n) is 1.90. The summed E-state index contributed by atoms with van der Waals surface area (Å²) in [4.78, 5) is 12.0. The molecule has 0 saturated heterocycles. The Morgan fingerprint density at radius 1 is 1.42 bits per heavy atom. The number of hydrogen-bond acceptors (Lipinski definition) is 3. The number of aryl methyl sites for hydroxylation is 1. The van der Waals surface area contributed by atoms with Crippen LogP contribution < -0.4 is 5.32 Å². The van der Waals surface area contributed by atoms with Crippen molar-refractivity contribution in [1.82, 2.24) is 15.5 Å². The van der Waals surface area contributed by atoms with E-state index in [2.05, 4.69) is 15.5 Å². The molecule has 1 aromatic heterocycles. The van der Waals surface area contributed by atoms with E-state index in [4.69, 9.17) is 5.11 Å². The van der Waals surface area contributed by atoms with E-state index in [1.807, 2.05) is 37.3 Å². The Labute approximate surface area is 111 Å². The summed E-state index contributed by atoms with van der Waals surface area (Å²) < 4.78 is 0. The summed E-state index contributed by atoms with van der Waals surface area (Å²) in [5.74, 6) is -0.244. The van der Waals surface area contributed by atoms with Crippen molar-refractivity contribution in [2.45, 2.75) is 19.4 Å². The number of hydrogen-bond donors (Lipinski definition) is 3. The predicted octanol–water partition coefficient (Wildman–Crippen LogP) is 1.57. The molecule has 0 aliphatic rings. The van der Waals surface area contributed by atoms with Crippen LogP contribution in [0.15, 0.2) is 36.4 Å². The van der Waals surface area contributed by atoms with E-state index < -0.39 is 0 Å². The first-order valence-electron chi connectivity index (χ1n) is 6.19. The quantitative estimate of drug-likeness (QED) is 0.762. The molecule has 0 spiro atoms. The highest BCUT2D eigenvalue weighted by molar-refractivity contribution is 5.92. The Balaban J connectivity index is 2.11. The number of aromatic amines is 1. The summed E-state index contributed by atoms with van der Waals surface area (Å²) in [6, 6.07) is 11.1. The molecule has 5 heteroatoms. The van der Waals surface area contributed by atoms with E-state index in [0.29, 0.717) is 12.1 Å². The highest BCUT2D eigenvalue weighted by atomic mass is 16.3. The highest BCUT2D eigenvalue weighted by Crippen LogP contribution is 2.16. The molecule has 1 heterocycles. The van der Waals surface area contributed by atoms with Gasteiger partial charge in [-0.05, 0) is 25.0 Å². The molecule has 19 heavy (non-hydrogen) atoms. The van der Waals surface area contributed by atoms with E-state index in [-0.39, 0.29) is 18.6 Å². The number of aliphatic hydroxyl groups excluding tert-OH is 1. The minimum atomic E-state index is -0.244. The lowest BCUT2D eigenvalue weighted by Crippen LogP contribution is -2.29. The lowest BCUT2D eigenvalue weighted by atomic mass is 10.0. The minimum absolute atomic E-state index is 0.0133. The second-order valence-corrected chi connectivity index (χ2v) is 4.39. The zero-order valence-electron chi connectivity index (χ0n) is 10.8. The van der Waals surface area contributed by atoms with Crippen LogP contribution in [0.2, 0.25) is 0 Å². The van der Waals surface area contributed by atoms with Gasteiger partial charge in [-0.15, -0.1) is 0 Å². The van der Waals surface area contributed by atoms with Crippen molar-refractivity contribution in [3.63, 3.8) is 0 Å². The lowest BCUT2D eigenvalue weighted by molar-refractivity contribution is 0.0925. The van der Waals surface area contributed by atoms with Gasteiger partial charge in [-0.25, -0.2) is 0 Å². The largest absolute Gasteiger partial charge is 0.396 e. The van der Waals surface area contributed by atoms with E-state index in [0.717, 1.165) is 11.3 Å².